The molecule has 70 valence electrons. The summed E-state index contributed by atoms with van der Waals surface area (Å²) < 4.78 is 0. The average molecular weight is 197 g/mol. The summed E-state index contributed by atoms with van der Waals surface area (Å²) >= 11 is 1.73. The highest BCUT2D eigenvalue weighted by Crippen LogP contribution is 2.43. The predicted molar refractivity (Wildman–Crippen MR) is 51.7 cm³/mol. The van der Waals surface area contributed by atoms with Crippen LogP contribution in [0.1, 0.15) is 11.5 Å². The van der Waals surface area contributed by atoms with Gasteiger partial charge in [0.05, 0.1) is 6.61 Å². The van der Waals surface area contributed by atoms with E-state index >= 15 is 0 Å². The van der Waals surface area contributed by atoms with Crippen LogP contribution in [0.4, 0.5) is 0 Å². The normalized spacial score (nSPS) is 20.2. The van der Waals surface area contributed by atoms with E-state index in [4.69, 9.17) is 5.90 Å². The lowest BCUT2D eigenvalue weighted by Gasteiger charge is -2.09. The molecule has 0 saturated heterocycles. The number of benzene rings is 1. The first-order valence-electron chi connectivity index (χ1n) is 4.09. The fourth-order valence-electron chi connectivity index (χ4n) is 1.59. The van der Waals surface area contributed by atoms with E-state index in [2.05, 4.69) is 4.84 Å². The maximum Gasteiger partial charge on any atom is 0.120 e. The van der Waals surface area contributed by atoms with Crippen LogP contribution in [0.3, 0.4) is 0 Å². The summed E-state index contributed by atoms with van der Waals surface area (Å²) in [6, 6.07) is 5.57. The predicted octanol–water partition coefficient (Wildman–Crippen LogP) is 1.47. The minimum absolute atomic E-state index is 0.228. The molecule has 0 fully saturated rings. The lowest BCUT2D eigenvalue weighted by molar-refractivity contribution is 0.127. The molecule has 3 nitrogen and oxygen atoms in total. The second-order valence-electron chi connectivity index (χ2n) is 3.03. The number of nitrogens with two attached hydrogens (primary N) is 1. The Bertz CT molecular complexity index is 314. The number of aromatic hydroxyl groups is 1. The first-order valence-corrected chi connectivity index (χ1v) is 5.08. The molecule has 0 amide bonds. The summed E-state index contributed by atoms with van der Waals surface area (Å²) in [4.78, 5) is 5.75. The highest BCUT2D eigenvalue weighted by atomic mass is 32.2. The topological polar surface area (TPSA) is 55.5 Å². The summed E-state index contributed by atoms with van der Waals surface area (Å²) in [5.74, 6) is 6.54. The van der Waals surface area contributed by atoms with E-state index in [1.165, 1.54) is 0 Å². The van der Waals surface area contributed by atoms with Crippen LogP contribution in [0.2, 0.25) is 0 Å². The molecule has 1 aliphatic rings. The molecular formula is C9H11NO2S. The van der Waals surface area contributed by atoms with Crippen LogP contribution in [0.5, 0.6) is 5.75 Å². The van der Waals surface area contributed by atoms with Crippen molar-refractivity contribution in [2.75, 3.05) is 12.4 Å². The van der Waals surface area contributed by atoms with Gasteiger partial charge in [-0.15, -0.1) is 11.8 Å². The number of phenolic OH excluding ortho intramolecular Hbond substituents is 1. The zero-order chi connectivity index (χ0) is 9.26. The molecule has 2 rings (SSSR count). The molecule has 13 heavy (non-hydrogen) atoms. The maximum atomic E-state index is 9.62. The van der Waals surface area contributed by atoms with E-state index in [-0.39, 0.29) is 5.92 Å². The van der Waals surface area contributed by atoms with Crippen LogP contribution < -0.4 is 5.90 Å². The molecule has 1 unspecified atom stereocenters. The van der Waals surface area contributed by atoms with E-state index in [1.807, 2.05) is 12.1 Å². The van der Waals surface area contributed by atoms with E-state index < -0.39 is 0 Å². The number of thioether (sulfide) groups is 1. The van der Waals surface area contributed by atoms with Gasteiger partial charge in [0.2, 0.25) is 0 Å². The SMILES string of the molecule is NOCC1CSc2cccc(O)c21. The van der Waals surface area contributed by atoms with Crippen LogP contribution in [0.15, 0.2) is 23.1 Å². The average Bonchev–Trinajstić information content (AvgIpc) is 2.51. The van der Waals surface area contributed by atoms with Gasteiger partial charge in [-0.1, -0.05) is 6.07 Å². The molecule has 0 aromatic heterocycles. The molecule has 0 aliphatic carbocycles. The lowest BCUT2D eigenvalue weighted by atomic mass is 10.0. The first-order chi connectivity index (χ1) is 6.33. The summed E-state index contributed by atoms with van der Waals surface area (Å²) in [6.45, 7) is 0.470. The molecule has 4 heteroatoms. The highest BCUT2D eigenvalue weighted by Gasteiger charge is 2.25. The fourth-order valence-corrected chi connectivity index (χ4v) is 2.84. The molecule has 1 aromatic carbocycles. The molecule has 1 aliphatic heterocycles. The maximum absolute atomic E-state index is 9.62. The Morgan fingerprint density at radius 1 is 1.62 bits per heavy atom. The Morgan fingerprint density at radius 2 is 2.46 bits per heavy atom. The highest BCUT2D eigenvalue weighted by molar-refractivity contribution is 7.99. The van der Waals surface area contributed by atoms with Crippen LogP contribution in [0, 0.1) is 0 Å². The van der Waals surface area contributed by atoms with Gasteiger partial charge in [-0.05, 0) is 12.1 Å². The van der Waals surface area contributed by atoms with Crippen molar-refractivity contribution in [2.24, 2.45) is 5.90 Å². The third kappa shape index (κ3) is 1.52. The van der Waals surface area contributed by atoms with Gasteiger partial charge in [-0.3, -0.25) is 0 Å². The Morgan fingerprint density at radius 3 is 3.23 bits per heavy atom. The Balaban J connectivity index is 2.34. The fraction of sp³-hybridized carbons (Fsp3) is 0.333. The van der Waals surface area contributed by atoms with Crippen molar-refractivity contribution in [2.45, 2.75) is 10.8 Å². The Kier molecular flexibility index (Phi) is 2.44. The minimum atomic E-state index is 0.228. The molecule has 0 saturated carbocycles. The monoisotopic (exact) mass is 197 g/mol. The molecule has 1 heterocycles. The first kappa shape index (κ1) is 8.87. The summed E-state index contributed by atoms with van der Waals surface area (Å²) in [5.41, 5.74) is 0.984. The van der Waals surface area contributed by atoms with Crippen LogP contribution >= 0.6 is 11.8 Å². The minimum Gasteiger partial charge on any atom is -0.508 e. The van der Waals surface area contributed by atoms with Crippen LogP contribution in [-0.2, 0) is 4.84 Å². The summed E-state index contributed by atoms with van der Waals surface area (Å²) in [5, 5.41) is 9.62. The van der Waals surface area contributed by atoms with Gasteiger partial charge in [0, 0.05) is 22.1 Å². The number of rotatable bonds is 2. The van der Waals surface area contributed by atoms with Crippen molar-refractivity contribution in [1.82, 2.24) is 0 Å². The number of fused-ring (bicyclic) bond motifs is 1. The number of phenols is 1. The standard InChI is InChI=1S/C9H11NO2S/c10-12-4-6-5-13-8-3-1-2-7(11)9(6)8/h1-3,6,11H,4-5,10H2. The lowest BCUT2D eigenvalue weighted by Crippen LogP contribution is -2.10. The number of hydrogen-bond acceptors (Lipinski definition) is 4. The van der Waals surface area contributed by atoms with Crippen LogP contribution in [-0.4, -0.2) is 17.5 Å². The van der Waals surface area contributed by atoms with Crippen molar-refractivity contribution in [3.05, 3.63) is 23.8 Å². The third-order valence-corrected chi connectivity index (χ3v) is 3.42. The van der Waals surface area contributed by atoms with Crippen molar-refractivity contribution >= 4 is 11.8 Å². The molecule has 0 bridgehead atoms. The van der Waals surface area contributed by atoms with Gasteiger partial charge < -0.3 is 9.94 Å². The van der Waals surface area contributed by atoms with Crippen molar-refractivity contribution in [3.8, 4) is 5.75 Å². The molecule has 1 atom stereocenters. The zero-order valence-corrected chi connectivity index (χ0v) is 7.88. The Hall–Kier alpha value is -0.710. The zero-order valence-electron chi connectivity index (χ0n) is 7.06. The van der Waals surface area contributed by atoms with Crippen molar-refractivity contribution in [1.29, 1.82) is 0 Å². The van der Waals surface area contributed by atoms with Gasteiger partial charge in [0.15, 0.2) is 0 Å². The molecule has 1 aromatic rings. The second kappa shape index (κ2) is 3.57. The van der Waals surface area contributed by atoms with Crippen molar-refractivity contribution < 1.29 is 9.94 Å². The van der Waals surface area contributed by atoms with E-state index in [0.29, 0.717) is 12.4 Å². The van der Waals surface area contributed by atoms with Gasteiger partial charge in [0.1, 0.15) is 5.75 Å². The van der Waals surface area contributed by atoms with Gasteiger partial charge in [-0.25, -0.2) is 5.90 Å². The van der Waals surface area contributed by atoms with E-state index in [1.54, 1.807) is 17.8 Å². The van der Waals surface area contributed by atoms with Gasteiger partial charge in [0.25, 0.3) is 0 Å². The van der Waals surface area contributed by atoms with E-state index in [9.17, 15) is 5.11 Å². The molecular weight excluding hydrogens is 186 g/mol. The van der Waals surface area contributed by atoms with E-state index in [0.717, 1.165) is 16.2 Å². The third-order valence-electron chi connectivity index (χ3n) is 2.19. The summed E-state index contributed by atoms with van der Waals surface area (Å²) in [7, 11) is 0. The Labute approximate surface area is 80.8 Å². The van der Waals surface area contributed by atoms with Gasteiger partial charge >= 0.3 is 0 Å². The quantitative estimate of drug-likeness (QED) is 0.705. The van der Waals surface area contributed by atoms with Crippen molar-refractivity contribution in [3.63, 3.8) is 0 Å². The largest absolute Gasteiger partial charge is 0.508 e. The molecule has 3 N–H and O–H groups in total. The smallest absolute Gasteiger partial charge is 0.120 e. The second-order valence-corrected chi connectivity index (χ2v) is 4.09. The van der Waals surface area contributed by atoms with Crippen LogP contribution in [0.25, 0.3) is 0 Å². The molecule has 0 radical (unpaired) electrons. The number of hydrogen-bond donors (Lipinski definition) is 2. The summed E-state index contributed by atoms with van der Waals surface area (Å²) in [6.07, 6.45) is 0. The molecule has 0 spiro atoms. The van der Waals surface area contributed by atoms with Gasteiger partial charge in [-0.2, -0.15) is 0 Å².